The number of carbonyl (C=O) groups is 4. The van der Waals surface area contributed by atoms with Crippen LogP contribution in [0.4, 0.5) is 0 Å². The van der Waals surface area contributed by atoms with Crippen LogP contribution in [0, 0.1) is 17.8 Å². The van der Waals surface area contributed by atoms with E-state index in [4.69, 9.17) is 37.0 Å². The van der Waals surface area contributed by atoms with E-state index in [9.17, 15) is 43.2 Å². The molecule has 19 heteroatoms. The predicted molar refractivity (Wildman–Crippen MR) is 395 cm³/mol. The van der Waals surface area contributed by atoms with Crippen LogP contribution < -0.4 is 0 Å². The van der Waals surface area contributed by atoms with Crippen LogP contribution in [-0.4, -0.2) is 96.7 Å². The molecule has 2 unspecified atom stereocenters. The van der Waals surface area contributed by atoms with Crippen molar-refractivity contribution in [2.24, 2.45) is 17.8 Å². The van der Waals surface area contributed by atoms with Crippen LogP contribution >= 0.6 is 15.6 Å². The fourth-order valence-corrected chi connectivity index (χ4v) is 13.5. The Morgan fingerprint density at radius 1 is 0.278 bits per heavy atom. The molecular weight excluding hydrogens is 1270 g/mol. The summed E-state index contributed by atoms with van der Waals surface area (Å²) in [5.41, 5.74) is 0. The van der Waals surface area contributed by atoms with Gasteiger partial charge in [-0.05, 0) is 43.4 Å². The Bertz CT molecular complexity index is 1890. The molecule has 0 aromatic rings. The van der Waals surface area contributed by atoms with E-state index in [1.54, 1.807) is 0 Å². The zero-order chi connectivity index (χ0) is 71.6. The molecule has 0 aromatic heterocycles. The number of carbonyl (C=O) groups excluding carboxylic acids is 4. The number of ether oxygens (including phenoxy) is 4. The van der Waals surface area contributed by atoms with Crippen LogP contribution in [0.2, 0.25) is 0 Å². The number of phosphoric acid groups is 2. The normalized spacial score (nSPS) is 14.0. The van der Waals surface area contributed by atoms with E-state index >= 15 is 0 Å². The van der Waals surface area contributed by atoms with Gasteiger partial charge in [0.05, 0.1) is 26.4 Å². The second-order valence-corrected chi connectivity index (χ2v) is 32.4. The van der Waals surface area contributed by atoms with Crippen LogP contribution in [-0.2, 0) is 65.4 Å². The molecule has 0 heterocycles. The molecule has 5 atom stereocenters. The monoisotopic (exact) mass is 1420 g/mol. The molecule has 3 N–H and O–H groups in total. The van der Waals surface area contributed by atoms with E-state index in [-0.39, 0.29) is 25.7 Å². The van der Waals surface area contributed by atoms with Crippen molar-refractivity contribution in [2.45, 2.75) is 420 Å². The SMILES string of the molecule is CCCCCCCCCCCCCCC(=O)O[C@H](COC(=O)CCCCCCCCCC(C)C)COP(=O)(O)OC[C@H](O)COP(=O)(O)OC[C@@H](COC(=O)CCCCCCCCCCCCCC(C)C)OC(=O)CCCCCCCCCCCCCCCCCCCCC(C)C. The number of rotatable bonds is 76. The highest BCUT2D eigenvalue weighted by Crippen LogP contribution is 2.45. The van der Waals surface area contributed by atoms with Gasteiger partial charge in [-0.25, -0.2) is 9.13 Å². The number of hydrogen-bond acceptors (Lipinski definition) is 15. The van der Waals surface area contributed by atoms with Crippen LogP contribution in [0.5, 0.6) is 0 Å². The van der Waals surface area contributed by atoms with Gasteiger partial charge >= 0.3 is 39.5 Å². The summed E-state index contributed by atoms with van der Waals surface area (Å²) in [7, 11) is -9.91. The van der Waals surface area contributed by atoms with Gasteiger partial charge in [0.15, 0.2) is 12.2 Å². The maximum atomic E-state index is 13.1. The van der Waals surface area contributed by atoms with Crippen molar-refractivity contribution >= 4 is 39.5 Å². The van der Waals surface area contributed by atoms with Gasteiger partial charge in [-0.2, -0.15) is 0 Å². The van der Waals surface area contributed by atoms with Gasteiger partial charge in [0, 0.05) is 25.7 Å². The first kappa shape index (κ1) is 95.1. The summed E-state index contributed by atoms with van der Waals surface area (Å²) in [5, 5.41) is 10.6. The van der Waals surface area contributed by atoms with E-state index < -0.39 is 97.5 Å². The molecule has 0 aliphatic rings. The summed E-state index contributed by atoms with van der Waals surface area (Å²) >= 11 is 0. The summed E-state index contributed by atoms with van der Waals surface area (Å²) < 4.78 is 68.6. The Morgan fingerprint density at radius 3 is 0.701 bits per heavy atom. The van der Waals surface area contributed by atoms with Crippen LogP contribution in [0.3, 0.4) is 0 Å². The summed E-state index contributed by atoms with van der Waals surface area (Å²) in [5.74, 6) is 0.181. The molecule has 576 valence electrons. The Labute approximate surface area is 594 Å². The number of aliphatic hydroxyl groups excluding tert-OH is 1. The third-order valence-corrected chi connectivity index (χ3v) is 20.0. The predicted octanol–water partition coefficient (Wildman–Crippen LogP) is 23.0. The second kappa shape index (κ2) is 68.5. The molecule has 97 heavy (non-hydrogen) atoms. The molecule has 0 aliphatic carbocycles. The molecule has 0 aliphatic heterocycles. The lowest BCUT2D eigenvalue weighted by molar-refractivity contribution is -0.161. The Kier molecular flexibility index (Phi) is 67.1. The van der Waals surface area contributed by atoms with E-state index in [1.165, 1.54) is 205 Å². The molecule has 0 saturated heterocycles. The lowest BCUT2D eigenvalue weighted by atomic mass is 10.0. The highest BCUT2D eigenvalue weighted by atomic mass is 31.2. The standard InChI is InChI=1S/C78H152O17P2/c1-8-9-10-11-12-13-14-26-32-39-47-54-61-77(82)95-74(66-89-76(81)60-53-46-41-34-37-44-51-58-71(6)7)68-93-97(86,87)91-64-72(79)63-90-96(84,85)92-67-73(65-88-75(80)59-52-45-38-31-28-23-25-30-36-43-50-57-70(4)5)94-78(83)62-55-48-40-33-27-22-20-18-16-15-17-19-21-24-29-35-42-49-56-69(2)3/h69-74,79H,8-68H2,1-7H3,(H,84,85)(H,86,87)/t72-,73-,74-/m1/s1. The highest BCUT2D eigenvalue weighted by molar-refractivity contribution is 7.47. The van der Waals surface area contributed by atoms with Crippen LogP contribution in [0.25, 0.3) is 0 Å². The third kappa shape index (κ3) is 72.2. The summed E-state index contributed by atoms with van der Waals surface area (Å²) in [4.78, 5) is 72.8. The second-order valence-electron chi connectivity index (χ2n) is 29.5. The first-order valence-electron chi connectivity index (χ1n) is 40.3. The van der Waals surface area contributed by atoms with Crippen LogP contribution in [0.1, 0.15) is 402 Å². The lowest BCUT2D eigenvalue weighted by Crippen LogP contribution is -2.30. The van der Waals surface area contributed by atoms with Gasteiger partial charge in [0.1, 0.15) is 19.3 Å². The van der Waals surface area contributed by atoms with E-state index in [2.05, 4.69) is 48.5 Å². The Balaban J connectivity index is 5.21. The summed E-state index contributed by atoms with van der Waals surface area (Å²) in [6, 6.07) is 0. The lowest BCUT2D eigenvalue weighted by Gasteiger charge is -2.21. The maximum absolute atomic E-state index is 13.1. The van der Waals surface area contributed by atoms with Gasteiger partial charge in [-0.1, -0.05) is 350 Å². The van der Waals surface area contributed by atoms with Crippen molar-refractivity contribution in [3.8, 4) is 0 Å². The topological polar surface area (TPSA) is 237 Å². The fourth-order valence-electron chi connectivity index (χ4n) is 12.0. The molecule has 0 aromatic carbocycles. The largest absolute Gasteiger partial charge is 0.472 e. The minimum atomic E-state index is -4.96. The van der Waals surface area contributed by atoms with Crippen LogP contribution in [0.15, 0.2) is 0 Å². The number of esters is 4. The fraction of sp³-hybridized carbons (Fsp3) is 0.949. The molecule has 0 bridgehead atoms. The van der Waals surface area contributed by atoms with E-state index in [0.717, 1.165) is 108 Å². The van der Waals surface area contributed by atoms with Gasteiger partial charge in [-0.15, -0.1) is 0 Å². The first-order valence-corrected chi connectivity index (χ1v) is 43.3. The molecule has 0 radical (unpaired) electrons. The Morgan fingerprint density at radius 2 is 0.474 bits per heavy atom. The third-order valence-electron chi connectivity index (χ3n) is 18.1. The van der Waals surface area contributed by atoms with Gasteiger partial charge in [0.25, 0.3) is 0 Å². The Hall–Kier alpha value is -1.94. The highest BCUT2D eigenvalue weighted by Gasteiger charge is 2.30. The molecule has 0 rings (SSSR count). The van der Waals surface area contributed by atoms with Crippen molar-refractivity contribution in [2.75, 3.05) is 39.6 Å². The molecule has 0 fully saturated rings. The smallest absolute Gasteiger partial charge is 0.462 e. The number of unbranched alkanes of at least 4 members (excludes halogenated alkanes) is 44. The number of aliphatic hydroxyl groups is 1. The summed E-state index contributed by atoms with van der Waals surface area (Å²) in [6.07, 6.45) is 55.6. The maximum Gasteiger partial charge on any atom is 0.472 e. The van der Waals surface area contributed by atoms with Gasteiger partial charge < -0.3 is 33.8 Å². The summed E-state index contributed by atoms with van der Waals surface area (Å²) in [6.45, 7) is 11.9. The van der Waals surface area contributed by atoms with Gasteiger partial charge in [0.2, 0.25) is 0 Å². The first-order chi connectivity index (χ1) is 46.7. The molecule has 0 saturated carbocycles. The zero-order valence-electron chi connectivity index (χ0n) is 63.5. The van der Waals surface area contributed by atoms with Crippen molar-refractivity contribution < 1.29 is 80.2 Å². The number of phosphoric ester groups is 2. The quantitative estimate of drug-likeness (QED) is 0.0222. The molecule has 0 amide bonds. The van der Waals surface area contributed by atoms with Crippen molar-refractivity contribution in [1.82, 2.24) is 0 Å². The van der Waals surface area contributed by atoms with Gasteiger partial charge in [-0.3, -0.25) is 37.3 Å². The average molecular weight is 1420 g/mol. The van der Waals surface area contributed by atoms with Crippen molar-refractivity contribution in [1.29, 1.82) is 0 Å². The number of hydrogen-bond donors (Lipinski definition) is 3. The minimum Gasteiger partial charge on any atom is -0.462 e. The minimum absolute atomic E-state index is 0.106. The van der Waals surface area contributed by atoms with Crippen molar-refractivity contribution in [3.05, 3.63) is 0 Å². The van der Waals surface area contributed by atoms with E-state index in [1.807, 2.05) is 0 Å². The van der Waals surface area contributed by atoms with E-state index in [0.29, 0.717) is 31.6 Å². The molecular formula is C78H152O17P2. The zero-order valence-corrected chi connectivity index (χ0v) is 65.3. The molecule has 0 spiro atoms. The molecule has 17 nitrogen and oxygen atoms in total. The average Bonchev–Trinajstić information content (AvgIpc) is 1.43. The van der Waals surface area contributed by atoms with Crippen molar-refractivity contribution in [3.63, 3.8) is 0 Å².